The second kappa shape index (κ2) is 52.0. The van der Waals surface area contributed by atoms with Crippen LogP contribution < -0.4 is 5.32 Å². The average molecular weight is 874 g/mol. The van der Waals surface area contributed by atoms with Crippen molar-refractivity contribution in [2.24, 2.45) is 0 Å². The summed E-state index contributed by atoms with van der Waals surface area (Å²) in [6, 6.07) is -0.547. The molecule has 0 heterocycles. The minimum Gasteiger partial charge on any atom is -0.466 e. The molecule has 0 aromatic heterocycles. The Bertz CT molecular complexity index is 966. The van der Waals surface area contributed by atoms with Crippen LogP contribution in [0.3, 0.4) is 0 Å². The van der Waals surface area contributed by atoms with Crippen molar-refractivity contribution in [1.82, 2.24) is 5.32 Å². The average Bonchev–Trinajstić information content (AvgIpc) is 3.27. The predicted octanol–water partition coefficient (Wildman–Crippen LogP) is 16.7. The maximum Gasteiger partial charge on any atom is 0.305 e. The molecule has 0 aliphatic heterocycles. The van der Waals surface area contributed by atoms with Crippen LogP contribution in [0.4, 0.5) is 0 Å². The van der Waals surface area contributed by atoms with Gasteiger partial charge in [0.25, 0.3) is 0 Å². The standard InChI is InChI=1S/C56H107NO5/c1-3-5-7-9-11-13-15-24-28-32-36-40-44-48-54(59)53(52-58)57-55(60)49-45-41-37-33-29-26-22-20-18-17-19-21-23-27-31-35-39-43-47-51-62-56(61)50-46-42-38-34-30-25-16-14-12-10-8-6-4-2/h14,16-18,53-54,58-59H,3-13,15,19-52H2,1-2H3,(H,57,60)/b16-14-,18-17-. The largest absolute Gasteiger partial charge is 0.466 e. The topological polar surface area (TPSA) is 95.9 Å². The van der Waals surface area contributed by atoms with Gasteiger partial charge in [-0.05, 0) is 77.0 Å². The van der Waals surface area contributed by atoms with Gasteiger partial charge >= 0.3 is 5.97 Å². The van der Waals surface area contributed by atoms with Gasteiger partial charge in [-0.2, -0.15) is 0 Å². The zero-order valence-electron chi connectivity index (χ0n) is 41.6. The molecule has 0 spiro atoms. The molecule has 1 amide bonds. The van der Waals surface area contributed by atoms with Gasteiger partial charge in [-0.25, -0.2) is 0 Å². The Hall–Kier alpha value is -1.66. The predicted molar refractivity (Wildman–Crippen MR) is 269 cm³/mol. The Balaban J connectivity index is 3.44. The van der Waals surface area contributed by atoms with Crippen LogP contribution in [0.1, 0.15) is 296 Å². The fraction of sp³-hybridized carbons (Fsp3) is 0.893. The van der Waals surface area contributed by atoms with Gasteiger partial charge in [0.2, 0.25) is 5.91 Å². The lowest BCUT2D eigenvalue weighted by atomic mass is 10.0. The van der Waals surface area contributed by atoms with Crippen LogP contribution in [0.15, 0.2) is 24.3 Å². The van der Waals surface area contributed by atoms with Gasteiger partial charge in [-0.3, -0.25) is 9.59 Å². The lowest BCUT2D eigenvalue weighted by Crippen LogP contribution is -2.45. The molecule has 366 valence electrons. The second-order valence-corrected chi connectivity index (χ2v) is 18.9. The van der Waals surface area contributed by atoms with Gasteiger partial charge in [0.1, 0.15) is 0 Å². The number of ether oxygens (including phenoxy) is 1. The first kappa shape index (κ1) is 60.3. The number of unbranched alkanes of at least 4 members (excludes halogenated alkanes) is 36. The third kappa shape index (κ3) is 47.8. The molecule has 0 saturated heterocycles. The summed E-state index contributed by atoms with van der Waals surface area (Å²) in [4.78, 5) is 24.4. The third-order valence-corrected chi connectivity index (χ3v) is 12.7. The molecule has 2 atom stereocenters. The minimum absolute atomic E-state index is 0.00540. The summed E-state index contributed by atoms with van der Waals surface area (Å²) in [7, 11) is 0. The van der Waals surface area contributed by atoms with Crippen molar-refractivity contribution in [3.8, 4) is 0 Å². The molecule has 0 aliphatic rings. The van der Waals surface area contributed by atoms with Crippen molar-refractivity contribution in [3.05, 3.63) is 24.3 Å². The molecule has 6 nitrogen and oxygen atoms in total. The molecular formula is C56H107NO5. The van der Waals surface area contributed by atoms with E-state index in [1.807, 2.05) is 0 Å². The molecule has 2 unspecified atom stereocenters. The van der Waals surface area contributed by atoms with E-state index in [0.29, 0.717) is 25.9 Å². The number of aliphatic hydroxyl groups excluding tert-OH is 2. The molecule has 0 rings (SSSR count). The molecule has 0 radical (unpaired) electrons. The maximum absolute atomic E-state index is 12.4. The highest BCUT2D eigenvalue weighted by molar-refractivity contribution is 5.76. The molecule has 62 heavy (non-hydrogen) atoms. The van der Waals surface area contributed by atoms with Gasteiger partial charge in [-0.15, -0.1) is 0 Å². The summed E-state index contributed by atoms with van der Waals surface area (Å²) in [5, 5.41) is 23.2. The van der Waals surface area contributed by atoms with E-state index in [1.165, 1.54) is 218 Å². The maximum atomic E-state index is 12.4. The van der Waals surface area contributed by atoms with E-state index in [-0.39, 0.29) is 18.5 Å². The fourth-order valence-electron chi connectivity index (χ4n) is 8.45. The van der Waals surface area contributed by atoms with Crippen molar-refractivity contribution in [3.63, 3.8) is 0 Å². The van der Waals surface area contributed by atoms with E-state index < -0.39 is 12.1 Å². The Morgan fingerprint density at radius 2 is 0.758 bits per heavy atom. The van der Waals surface area contributed by atoms with Crippen molar-refractivity contribution in [1.29, 1.82) is 0 Å². The van der Waals surface area contributed by atoms with Gasteiger partial charge < -0.3 is 20.3 Å². The van der Waals surface area contributed by atoms with Gasteiger partial charge in [0.15, 0.2) is 0 Å². The minimum atomic E-state index is -0.669. The Labute approximate surface area is 386 Å². The number of carbonyl (C=O) groups is 2. The number of rotatable bonds is 51. The Kier molecular flexibility index (Phi) is 50.6. The third-order valence-electron chi connectivity index (χ3n) is 12.7. The lowest BCUT2D eigenvalue weighted by molar-refractivity contribution is -0.143. The van der Waals surface area contributed by atoms with Crippen LogP contribution in [0.5, 0.6) is 0 Å². The van der Waals surface area contributed by atoms with Crippen molar-refractivity contribution < 1.29 is 24.5 Å². The molecule has 3 N–H and O–H groups in total. The normalized spacial score (nSPS) is 12.8. The number of carbonyl (C=O) groups excluding carboxylic acids is 2. The molecule has 0 aromatic carbocycles. The molecule has 0 saturated carbocycles. The zero-order chi connectivity index (χ0) is 45.1. The van der Waals surface area contributed by atoms with Crippen LogP contribution in [0.25, 0.3) is 0 Å². The lowest BCUT2D eigenvalue weighted by Gasteiger charge is -2.22. The molecular weight excluding hydrogens is 767 g/mol. The SMILES string of the molecule is CCCCCC/C=C\CCCCCCCC(=O)OCCCCCCCCCC/C=C\CCCCCCCCCC(=O)NC(CO)C(O)CCCCCCCCCCCCCCC. The zero-order valence-corrected chi connectivity index (χ0v) is 41.6. The molecule has 0 aliphatic carbocycles. The van der Waals surface area contributed by atoms with Crippen LogP contribution >= 0.6 is 0 Å². The summed E-state index contributed by atoms with van der Waals surface area (Å²) in [5.74, 6) is -0.0500. The van der Waals surface area contributed by atoms with Crippen molar-refractivity contribution >= 4 is 11.9 Å². The van der Waals surface area contributed by atoms with Crippen molar-refractivity contribution in [2.45, 2.75) is 309 Å². The van der Waals surface area contributed by atoms with Gasteiger partial charge in [0.05, 0.1) is 25.4 Å². The molecule has 6 heteroatoms. The van der Waals surface area contributed by atoms with Crippen LogP contribution in [-0.2, 0) is 14.3 Å². The van der Waals surface area contributed by atoms with Crippen molar-refractivity contribution in [2.75, 3.05) is 13.2 Å². The second-order valence-electron chi connectivity index (χ2n) is 18.9. The molecule has 0 bridgehead atoms. The van der Waals surface area contributed by atoms with E-state index in [4.69, 9.17) is 4.74 Å². The number of allylic oxidation sites excluding steroid dienone is 4. The smallest absolute Gasteiger partial charge is 0.305 e. The summed E-state index contributed by atoms with van der Waals surface area (Å²) in [5.41, 5.74) is 0. The Morgan fingerprint density at radius 1 is 0.435 bits per heavy atom. The van der Waals surface area contributed by atoms with E-state index in [1.54, 1.807) is 0 Å². The highest BCUT2D eigenvalue weighted by atomic mass is 16.5. The van der Waals surface area contributed by atoms with E-state index in [2.05, 4.69) is 43.5 Å². The number of amides is 1. The van der Waals surface area contributed by atoms with Gasteiger partial charge in [-0.1, -0.05) is 231 Å². The van der Waals surface area contributed by atoms with Crippen LogP contribution in [0, 0.1) is 0 Å². The number of hydrogen-bond donors (Lipinski definition) is 3. The fourth-order valence-corrected chi connectivity index (χ4v) is 8.45. The summed E-state index contributed by atoms with van der Waals surface area (Å²) < 4.78 is 5.46. The highest BCUT2D eigenvalue weighted by Gasteiger charge is 2.20. The van der Waals surface area contributed by atoms with E-state index in [0.717, 1.165) is 44.9 Å². The summed E-state index contributed by atoms with van der Waals surface area (Å²) in [6.07, 6.45) is 61.6. The van der Waals surface area contributed by atoms with E-state index >= 15 is 0 Å². The summed E-state index contributed by atoms with van der Waals surface area (Å²) in [6.45, 7) is 4.92. The number of esters is 1. The number of nitrogens with one attached hydrogen (secondary N) is 1. The Morgan fingerprint density at radius 3 is 1.16 bits per heavy atom. The monoisotopic (exact) mass is 874 g/mol. The molecule has 0 aromatic rings. The first-order valence-electron chi connectivity index (χ1n) is 27.6. The van der Waals surface area contributed by atoms with Gasteiger partial charge in [0, 0.05) is 12.8 Å². The first-order valence-corrected chi connectivity index (χ1v) is 27.6. The first-order chi connectivity index (χ1) is 30.5. The highest BCUT2D eigenvalue weighted by Crippen LogP contribution is 2.16. The number of hydrogen-bond acceptors (Lipinski definition) is 5. The summed E-state index contributed by atoms with van der Waals surface area (Å²) >= 11 is 0. The molecule has 0 fully saturated rings. The quantitative estimate of drug-likeness (QED) is 0.0321. The van der Waals surface area contributed by atoms with Crippen LogP contribution in [-0.4, -0.2) is 47.4 Å². The number of aliphatic hydroxyl groups is 2. The van der Waals surface area contributed by atoms with Crippen LogP contribution in [0.2, 0.25) is 0 Å². The van der Waals surface area contributed by atoms with E-state index in [9.17, 15) is 19.8 Å².